The van der Waals surface area contributed by atoms with Crippen molar-refractivity contribution in [2.45, 2.75) is 50.2 Å². The van der Waals surface area contributed by atoms with Crippen LogP contribution in [-0.4, -0.2) is 29.3 Å². The van der Waals surface area contributed by atoms with Gasteiger partial charge in [-0.25, -0.2) is 0 Å². The Kier molecular flexibility index (Phi) is 6.64. The Morgan fingerprint density at radius 2 is 1.62 bits per heavy atom. The maximum absolute atomic E-state index is 14.2. The maximum Gasteiger partial charge on any atom is 0.251 e. The lowest BCUT2D eigenvalue weighted by molar-refractivity contribution is -0.138. The molecule has 2 heterocycles. The Hall–Kier alpha value is -3.31. The number of likely N-dealkylation sites (tertiary alicyclic amines) is 1. The lowest BCUT2D eigenvalue weighted by atomic mass is 9.79. The number of rotatable bonds is 4. The number of nitrogens with zero attached hydrogens (tertiary/aromatic N) is 1. The normalized spacial score (nSPS) is 26.5. The summed E-state index contributed by atoms with van der Waals surface area (Å²) in [6, 6.07) is 25.7. The van der Waals surface area contributed by atoms with Gasteiger partial charge in [0.2, 0.25) is 5.91 Å². The van der Waals surface area contributed by atoms with Crippen LogP contribution < -0.4 is 10.6 Å². The van der Waals surface area contributed by atoms with Crippen LogP contribution in [0, 0.1) is 11.8 Å². The van der Waals surface area contributed by atoms with Gasteiger partial charge in [0, 0.05) is 34.8 Å². The molecule has 1 saturated carbocycles. The molecule has 190 valence electrons. The highest BCUT2D eigenvalue weighted by molar-refractivity contribution is 6.30. The van der Waals surface area contributed by atoms with E-state index in [0.29, 0.717) is 17.1 Å². The molecule has 0 bridgehead atoms. The first kappa shape index (κ1) is 24.1. The average molecular weight is 514 g/mol. The summed E-state index contributed by atoms with van der Waals surface area (Å²) < 4.78 is 0. The lowest BCUT2D eigenvalue weighted by Gasteiger charge is -2.42. The summed E-state index contributed by atoms with van der Waals surface area (Å²) in [5.41, 5.74) is 4.00. The summed E-state index contributed by atoms with van der Waals surface area (Å²) in [4.78, 5) is 29.3. The smallest absolute Gasteiger partial charge is 0.251 e. The van der Waals surface area contributed by atoms with Gasteiger partial charge in [-0.05, 0) is 60.7 Å². The molecule has 6 rings (SSSR count). The third kappa shape index (κ3) is 4.61. The van der Waals surface area contributed by atoms with Crippen LogP contribution in [0.5, 0.6) is 0 Å². The number of fused-ring (bicyclic) bond motifs is 3. The first-order valence-electron chi connectivity index (χ1n) is 13.4. The minimum absolute atomic E-state index is 0.0416. The first-order chi connectivity index (χ1) is 18.1. The third-order valence-electron chi connectivity index (χ3n) is 8.39. The minimum Gasteiger partial charge on any atom is -0.378 e. The molecule has 3 aromatic rings. The van der Waals surface area contributed by atoms with E-state index in [2.05, 4.69) is 39.8 Å². The van der Waals surface area contributed by atoms with Gasteiger partial charge in [0.25, 0.3) is 5.91 Å². The average Bonchev–Trinajstić information content (AvgIpc) is 3.39. The second-order valence-corrected chi connectivity index (χ2v) is 11.0. The SMILES string of the molecule is O=C(N[C@@H]1CCCC[C@@H]1C(=O)N1CC[C@@H]2[C@H](c3ccccc3)Nc3ccc(Cl)cc3[C@@H]21)c1ccccc1. The van der Waals surface area contributed by atoms with Crippen LogP contribution >= 0.6 is 11.6 Å². The topological polar surface area (TPSA) is 61.4 Å². The summed E-state index contributed by atoms with van der Waals surface area (Å²) in [6.07, 6.45) is 4.58. The molecule has 5 nitrogen and oxygen atoms in total. The number of anilines is 1. The van der Waals surface area contributed by atoms with Gasteiger partial charge in [-0.1, -0.05) is 73.0 Å². The van der Waals surface area contributed by atoms with Crippen molar-refractivity contribution < 1.29 is 9.59 Å². The number of carbonyl (C=O) groups is 2. The van der Waals surface area contributed by atoms with E-state index in [4.69, 9.17) is 11.6 Å². The van der Waals surface area contributed by atoms with Crippen LogP contribution in [0.25, 0.3) is 0 Å². The second-order valence-electron chi connectivity index (χ2n) is 10.5. The number of amides is 2. The van der Waals surface area contributed by atoms with Crippen molar-refractivity contribution in [1.82, 2.24) is 10.2 Å². The molecule has 5 atom stereocenters. The van der Waals surface area contributed by atoms with Crippen LogP contribution in [0.4, 0.5) is 5.69 Å². The molecular weight excluding hydrogens is 482 g/mol. The van der Waals surface area contributed by atoms with Crippen molar-refractivity contribution in [2.24, 2.45) is 11.8 Å². The summed E-state index contributed by atoms with van der Waals surface area (Å²) >= 11 is 6.46. The van der Waals surface area contributed by atoms with Crippen LogP contribution in [0.1, 0.15) is 65.7 Å². The van der Waals surface area contributed by atoms with E-state index < -0.39 is 0 Å². The molecule has 0 spiro atoms. The van der Waals surface area contributed by atoms with Crippen molar-refractivity contribution in [3.05, 3.63) is 101 Å². The van der Waals surface area contributed by atoms with E-state index in [1.54, 1.807) is 0 Å². The summed E-state index contributed by atoms with van der Waals surface area (Å²) in [5, 5.41) is 7.64. The zero-order valence-corrected chi connectivity index (χ0v) is 21.5. The molecule has 2 N–H and O–H groups in total. The van der Waals surface area contributed by atoms with Crippen LogP contribution in [-0.2, 0) is 4.79 Å². The van der Waals surface area contributed by atoms with Crippen LogP contribution in [0.3, 0.4) is 0 Å². The molecule has 0 aromatic heterocycles. The number of carbonyl (C=O) groups excluding carboxylic acids is 2. The predicted octanol–water partition coefficient (Wildman–Crippen LogP) is 6.39. The first-order valence-corrected chi connectivity index (χ1v) is 13.8. The van der Waals surface area contributed by atoms with Gasteiger partial charge in [-0.15, -0.1) is 0 Å². The van der Waals surface area contributed by atoms with Crippen LogP contribution in [0.15, 0.2) is 78.9 Å². The molecule has 6 heteroatoms. The van der Waals surface area contributed by atoms with E-state index in [-0.39, 0.29) is 41.8 Å². The predicted molar refractivity (Wildman–Crippen MR) is 146 cm³/mol. The molecular formula is C31H32ClN3O2. The van der Waals surface area contributed by atoms with Gasteiger partial charge in [0.05, 0.1) is 18.0 Å². The Morgan fingerprint density at radius 3 is 2.41 bits per heavy atom. The van der Waals surface area contributed by atoms with E-state index in [0.717, 1.165) is 43.4 Å². The number of nitrogens with one attached hydrogen (secondary N) is 2. The van der Waals surface area contributed by atoms with Gasteiger partial charge >= 0.3 is 0 Å². The highest BCUT2D eigenvalue weighted by Gasteiger charge is 2.48. The Bertz CT molecular complexity index is 1280. The molecule has 1 saturated heterocycles. The molecule has 3 aliphatic rings. The number of halogens is 1. The fraction of sp³-hybridized carbons (Fsp3) is 0.355. The summed E-state index contributed by atoms with van der Waals surface area (Å²) in [7, 11) is 0. The zero-order chi connectivity index (χ0) is 25.4. The number of hydrogen-bond acceptors (Lipinski definition) is 3. The van der Waals surface area contributed by atoms with E-state index in [9.17, 15) is 9.59 Å². The lowest BCUT2D eigenvalue weighted by Crippen LogP contribution is -2.50. The second kappa shape index (κ2) is 10.2. The van der Waals surface area contributed by atoms with Gasteiger partial charge in [-0.3, -0.25) is 9.59 Å². The van der Waals surface area contributed by atoms with Gasteiger partial charge < -0.3 is 15.5 Å². The fourth-order valence-electron chi connectivity index (χ4n) is 6.64. The summed E-state index contributed by atoms with van der Waals surface area (Å²) in [6.45, 7) is 0.709. The van der Waals surface area contributed by atoms with Crippen LogP contribution in [0.2, 0.25) is 5.02 Å². The molecule has 2 fully saturated rings. The van der Waals surface area contributed by atoms with E-state index in [1.807, 2.05) is 54.6 Å². The fourth-order valence-corrected chi connectivity index (χ4v) is 6.82. The molecule has 2 aliphatic heterocycles. The Labute approximate surface area is 223 Å². The quantitative estimate of drug-likeness (QED) is 0.425. The van der Waals surface area contributed by atoms with E-state index in [1.165, 1.54) is 5.56 Å². The number of hydrogen-bond donors (Lipinski definition) is 2. The third-order valence-corrected chi connectivity index (χ3v) is 8.63. The van der Waals surface area contributed by atoms with Crippen molar-refractivity contribution >= 4 is 29.1 Å². The van der Waals surface area contributed by atoms with Gasteiger partial charge in [-0.2, -0.15) is 0 Å². The standard InChI is InChI=1S/C31H32ClN3O2/c32-22-15-16-27-25(19-22)29-24(28(33-27)20-9-3-1-4-10-20)17-18-35(29)31(37)23-13-7-8-14-26(23)34-30(36)21-11-5-2-6-12-21/h1-6,9-12,15-16,19,23-24,26,28-29,33H,7-8,13-14,17-18H2,(H,34,36)/t23-,24+,26+,28-,29+/m0/s1. The van der Waals surface area contributed by atoms with Gasteiger partial charge in [0.1, 0.15) is 0 Å². The monoisotopic (exact) mass is 513 g/mol. The Morgan fingerprint density at radius 1 is 0.892 bits per heavy atom. The zero-order valence-electron chi connectivity index (χ0n) is 20.8. The summed E-state index contributed by atoms with van der Waals surface area (Å²) in [5.74, 6) is 0.0871. The van der Waals surface area contributed by atoms with Crippen molar-refractivity contribution in [2.75, 3.05) is 11.9 Å². The maximum atomic E-state index is 14.2. The highest BCUT2D eigenvalue weighted by atomic mass is 35.5. The Balaban J connectivity index is 1.30. The van der Waals surface area contributed by atoms with Gasteiger partial charge in [0.15, 0.2) is 0 Å². The molecule has 37 heavy (non-hydrogen) atoms. The molecule has 0 radical (unpaired) electrons. The van der Waals surface area contributed by atoms with Crippen molar-refractivity contribution in [3.63, 3.8) is 0 Å². The molecule has 3 aromatic carbocycles. The van der Waals surface area contributed by atoms with Crippen molar-refractivity contribution in [3.8, 4) is 0 Å². The highest BCUT2D eigenvalue weighted by Crippen LogP contribution is 2.52. The molecule has 1 aliphatic carbocycles. The van der Waals surface area contributed by atoms with E-state index >= 15 is 0 Å². The molecule has 0 unspecified atom stereocenters. The number of benzene rings is 3. The largest absolute Gasteiger partial charge is 0.378 e. The minimum atomic E-state index is -0.215. The molecule has 2 amide bonds. The van der Waals surface area contributed by atoms with Crippen molar-refractivity contribution in [1.29, 1.82) is 0 Å².